The highest BCUT2D eigenvalue weighted by atomic mass is 16.7. The molecular weight excluding hydrogens is 410 g/mol. The van der Waals surface area contributed by atoms with Crippen LogP contribution in [0.15, 0.2) is 48.9 Å². The predicted octanol–water partition coefficient (Wildman–Crippen LogP) is 3.01. The van der Waals surface area contributed by atoms with E-state index in [0.29, 0.717) is 49.2 Å². The SMILES string of the molecule is Cc1ccnc(Nc2cc(N3CCN(C(=O)Nc4ccc5c(c4)OCO5)CC3)ncn2)c1. The number of amides is 2. The fourth-order valence-electron chi connectivity index (χ4n) is 3.64. The highest BCUT2D eigenvalue weighted by Crippen LogP contribution is 2.34. The lowest BCUT2D eigenvalue weighted by Crippen LogP contribution is -2.50. The Labute approximate surface area is 185 Å². The van der Waals surface area contributed by atoms with Crippen LogP contribution < -0.4 is 25.0 Å². The van der Waals surface area contributed by atoms with Crippen LogP contribution in [0.5, 0.6) is 11.5 Å². The largest absolute Gasteiger partial charge is 0.454 e. The molecule has 2 aliphatic rings. The van der Waals surface area contributed by atoms with Crippen LogP contribution in [-0.2, 0) is 0 Å². The van der Waals surface area contributed by atoms with Crippen LogP contribution in [-0.4, -0.2) is 58.9 Å². The van der Waals surface area contributed by atoms with Gasteiger partial charge in [0.1, 0.15) is 23.8 Å². The summed E-state index contributed by atoms with van der Waals surface area (Å²) >= 11 is 0. The van der Waals surface area contributed by atoms with Crippen molar-refractivity contribution in [2.24, 2.45) is 0 Å². The summed E-state index contributed by atoms with van der Waals surface area (Å²) in [6.07, 6.45) is 3.29. The van der Waals surface area contributed by atoms with Gasteiger partial charge >= 0.3 is 6.03 Å². The maximum atomic E-state index is 12.7. The van der Waals surface area contributed by atoms with Gasteiger partial charge in [-0.1, -0.05) is 0 Å². The van der Waals surface area contributed by atoms with Crippen LogP contribution >= 0.6 is 0 Å². The van der Waals surface area contributed by atoms with E-state index in [0.717, 1.165) is 17.2 Å². The van der Waals surface area contributed by atoms with Gasteiger partial charge in [0.15, 0.2) is 11.5 Å². The fraction of sp³-hybridized carbons (Fsp3) is 0.273. The average molecular weight is 433 g/mol. The summed E-state index contributed by atoms with van der Waals surface area (Å²) < 4.78 is 10.7. The number of nitrogens with zero attached hydrogens (tertiary/aromatic N) is 5. The number of hydrogen-bond donors (Lipinski definition) is 2. The number of nitrogens with one attached hydrogen (secondary N) is 2. The van der Waals surface area contributed by atoms with Crippen LogP contribution in [0.1, 0.15) is 5.56 Å². The first-order valence-electron chi connectivity index (χ1n) is 10.4. The monoisotopic (exact) mass is 433 g/mol. The van der Waals surface area contributed by atoms with E-state index >= 15 is 0 Å². The molecule has 0 bridgehead atoms. The molecule has 0 radical (unpaired) electrons. The molecule has 0 spiro atoms. The molecule has 10 nitrogen and oxygen atoms in total. The van der Waals surface area contributed by atoms with Gasteiger partial charge in [0, 0.05) is 50.2 Å². The van der Waals surface area contributed by atoms with Crippen molar-refractivity contribution in [3.63, 3.8) is 0 Å². The lowest BCUT2D eigenvalue weighted by atomic mass is 10.2. The van der Waals surface area contributed by atoms with Gasteiger partial charge < -0.3 is 29.9 Å². The minimum atomic E-state index is -0.140. The molecule has 0 saturated carbocycles. The van der Waals surface area contributed by atoms with Gasteiger partial charge in [-0.15, -0.1) is 0 Å². The van der Waals surface area contributed by atoms with E-state index in [-0.39, 0.29) is 12.8 Å². The first-order valence-corrected chi connectivity index (χ1v) is 10.4. The minimum Gasteiger partial charge on any atom is -0.454 e. The smallest absolute Gasteiger partial charge is 0.321 e. The maximum absolute atomic E-state index is 12.7. The number of carbonyl (C=O) groups excluding carboxylic acids is 1. The van der Waals surface area contributed by atoms with Crippen molar-refractivity contribution in [3.8, 4) is 11.5 Å². The van der Waals surface area contributed by atoms with Crippen molar-refractivity contribution < 1.29 is 14.3 Å². The van der Waals surface area contributed by atoms with Crippen molar-refractivity contribution in [1.29, 1.82) is 0 Å². The molecule has 0 aliphatic carbocycles. The standard InChI is InChI=1S/C22H23N7O3/c1-15-4-5-23-19(10-15)27-20-12-21(25-13-24-20)28-6-8-29(9-7-28)22(30)26-16-2-3-17-18(11-16)32-14-31-17/h2-5,10-13H,6-9,14H2,1H3,(H,26,30)(H,23,24,25,27). The molecular formula is C22H23N7O3. The fourth-order valence-corrected chi connectivity index (χ4v) is 3.64. The van der Waals surface area contributed by atoms with Crippen molar-refractivity contribution >= 4 is 29.2 Å². The van der Waals surface area contributed by atoms with E-state index in [4.69, 9.17) is 9.47 Å². The Morgan fingerprint density at radius 2 is 1.75 bits per heavy atom. The number of anilines is 4. The van der Waals surface area contributed by atoms with Gasteiger partial charge in [-0.05, 0) is 36.8 Å². The number of benzene rings is 1. The molecule has 1 aromatic carbocycles. The van der Waals surface area contributed by atoms with Crippen LogP contribution in [0.3, 0.4) is 0 Å². The van der Waals surface area contributed by atoms with E-state index in [9.17, 15) is 4.79 Å². The minimum absolute atomic E-state index is 0.140. The van der Waals surface area contributed by atoms with E-state index in [2.05, 4.69) is 30.5 Å². The quantitative estimate of drug-likeness (QED) is 0.647. The number of pyridine rings is 1. The number of rotatable bonds is 4. The van der Waals surface area contributed by atoms with Crippen molar-refractivity contribution in [2.45, 2.75) is 6.92 Å². The number of fused-ring (bicyclic) bond motifs is 1. The summed E-state index contributed by atoms with van der Waals surface area (Å²) in [6, 6.07) is 11.0. The highest BCUT2D eigenvalue weighted by molar-refractivity contribution is 5.90. The van der Waals surface area contributed by atoms with Crippen LogP contribution in [0.2, 0.25) is 0 Å². The van der Waals surface area contributed by atoms with E-state index < -0.39 is 0 Å². The number of piperazine rings is 1. The van der Waals surface area contributed by atoms with Gasteiger partial charge in [-0.25, -0.2) is 19.7 Å². The zero-order chi connectivity index (χ0) is 21.9. The number of aromatic nitrogens is 3. The summed E-state index contributed by atoms with van der Waals surface area (Å²) in [5.41, 5.74) is 1.80. The molecule has 2 N–H and O–H groups in total. The Bertz CT molecular complexity index is 1130. The zero-order valence-corrected chi connectivity index (χ0v) is 17.6. The molecule has 3 aromatic rings. The molecule has 0 unspecified atom stereocenters. The van der Waals surface area contributed by atoms with Gasteiger partial charge in [0.05, 0.1) is 0 Å². The molecule has 1 saturated heterocycles. The normalized spacial score (nSPS) is 14.9. The Morgan fingerprint density at radius 1 is 0.938 bits per heavy atom. The maximum Gasteiger partial charge on any atom is 0.321 e. The van der Waals surface area contributed by atoms with Gasteiger partial charge in [-0.3, -0.25) is 0 Å². The summed E-state index contributed by atoms with van der Waals surface area (Å²) in [4.78, 5) is 29.6. The zero-order valence-electron chi connectivity index (χ0n) is 17.6. The molecule has 10 heteroatoms. The first kappa shape index (κ1) is 19.9. The number of ether oxygens (including phenoxy) is 2. The van der Waals surface area contributed by atoms with Gasteiger partial charge in [0.25, 0.3) is 0 Å². The topological polar surface area (TPSA) is 105 Å². The second-order valence-electron chi connectivity index (χ2n) is 7.58. The Kier molecular flexibility index (Phi) is 5.32. The predicted molar refractivity (Wildman–Crippen MR) is 120 cm³/mol. The van der Waals surface area contributed by atoms with E-state index in [1.54, 1.807) is 29.3 Å². The second-order valence-corrected chi connectivity index (χ2v) is 7.58. The molecule has 4 heterocycles. The third-order valence-electron chi connectivity index (χ3n) is 5.34. The summed E-state index contributed by atoms with van der Waals surface area (Å²) in [7, 11) is 0. The number of aryl methyl sites for hydroxylation is 1. The molecule has 2 aliphatic heterocycles. The van der Waals surface area contributed by atoms with Gasteiger partial charge in [0.2, 0.25) is 6.79 Å². The number of urea groups is 1. The molecule has 2 aromatic heterocycles. The Morgan fingerprint density at radius 3 is 2.59 bits per heavy atom. The lowest BCUT2D eigenvalue weighted by Gasteiger charge is -2.35. The first-order chi connectivity index (χ1) is 15.6. The third kappa shape index (κ3) is 4.34. The second kappa shape index (κ2) is 8.58. The molecule has 164 valence electrons. The summed E-state index contributed by atoms with van der Waals surface area (Å²) in [5.74, 6) is 3.55. The number of carbonyl (C=O) groups is 1. The Hall–Kier alpha value is -4.08. The van der Waals surface area contributed by atoms with Crippen molar-refractivity contribution in [1.82, 2.24) is 19.9 Å². The number of hydrogen-bond acceptors (Lipinski definition) is 8. The summed E-state index contributed by atoms with van der Waals surface area (Å²) in [5, 5.41) is 6.14. The molecule has 5 rings (SSSR count). The lowest BCUT2D eigenvalue weighted by molar-refractivity contribution is 0.174. The molecule has 1 fully saturated rings. The molecule has 2 amide bonds. The Balaban J connectivity index is 1.18. The molecule has 0 atom stereocenters. The highest BCUT2D eigenvalue weighted by Gasteiger charge is 2.23. The van der Waals surface area contributed by atoms with Crippen LogP contribution in [0.4, 0.5) is 27.9 Å². The van der Waals surface area contributed by atoms with Crippen molar-refractivity contribution in [3.05, 3.63) is 54.5 Å². The molecule has 32 heavy (non-hydrogen) atoms. The van der Waals surface area contributed by atoms with Crippen molar-refractivity contribution in [2.75, 3.05) is 48.5 Å². The van der Waals surface area contributed by atoms with Crippen LogP contribution in [0, 0.1) is 6.92 Å². The van der Waals surface area contributed by atoms with Crippen LogP contribution in [0.25, 0.3) is 0 Å². The average Bonchev–Trinajstić information content (AvgIpc) is 3.27. The van der Waals surface area contributed by atoms with E-state index in [1.165, 1.54) is 6.33 Å². The van der Waals surface area contributed by atoms with Gasteiger partial charge in [-0.2, -0.15) is 0 Å². The van der Waals surface area contributed by atoms with E-state index in [1.807, 2.05) is 25.1 Å². The third-order valence-corrected chi connectivity index (χ3v) is 5.34. The summed E-state index contributed by atoms with van der Waals surface area (Å²) in [6.45, 7) is 4.74.